The normalized spacial score (nSPS) is 19.2. The Morgan fingerprint density at radius 3 is 2.62 bits per heavy atom. The van der Waals surface area contributed by atoms with Gasteiger partial charge in [0.05, 0.1) is 11.0 Å². The number of halogens is 1. The number of nitrogens with zero attached hydrogens (tertiary/aromatic N) is 1. The zero-order valence-corrected chi connectivity index (χ0v) is 8.81. The molecule has 5 heteroatoms. The molecule has 1 fully saturated rings. The van der Waals surface area contributed by atoms with Gasteiger partial charge in [0.15, 0.2) is 0 Å². The molecule has 0 amide bonds. The topological polar surface area (TPSA) is 63.4 Å². The molecule has 0 saturated heterocycles. The van der Waals surface area contributed by atoms with Crippen LogP contribution in [0.4, 0.5) is 10.1 Å². The third-order valence-corrected chi connectivity index (χ3v) is 3.29. The van der Waals surface area contributed by atoms with Crippen molar-refractivity contribution in [1.29, 1.82) is 0 Å². The van der Waals surface area contributed by atoms with Crippen LogP contribution in [0.5, 0.6) is 0 Å². The summed E-state index contributed by atoms with van der Waals surface area (Å²) in [6, 6.07) is 3.46. The molecule has 0 bridgehead atoms. The van der Waals surface area contributed by atoms with E-state index in [1.165, 1.54) is 6.07 Å². The van der Waals surface area contributed by atoms with E-state index in [0.717, 1.165) is 12.1 Å². The smallest absolute Gasteiger partial charge is 0.269 e. The molecular weight excluding hydrogens is 213 g/mol. The van der Waals surface area contributed by atoms with E-state index in [1.807, 2.05) is 0 Å². The molecule has 1 aromatic carbocycles. The maximum absolute atomic E-state index is 13.6. The summed E-state index contributed by atoms with van der Waals surface area (Å²) in [5.74, 6) is -0.482. The molecule has 1 aliphatic rings. The highest BCUT2D eigenvalue weighted by atomic mass is 19.1. The molecule has 86 valence electrons. The highest BCUT2D eigenvalue weighted by Crippen LogP contribution is 2.52. The van der Waals surface area contributed by atoms with Crippen molar-refractivity contribution in [1.82, 2.24) is 0 Å². The van der Waals surface area contributed by atoms with Gasteiger partial charge < -0.3 is 5.11 Å². The first kappa shape index (κ1) is 11.0. The molecule has 1 unspecified atom stereocenters. The summed E-state index contributed by atoms with van der Waals surface area (Å²) in [5.41, 5.74) is -0.490. The third-order valence-electron chi connectivity index (χ3n) is 3.29. The van der Waals surface area contributed by atoms with E-state index in [2.05, 4.69) is 0 Å². The van der Waals surface area contributed by atoms with E-state index in [-0.39, 0.29) is 11.3 Å². The predicted octanol–water partition coefficient (Wildman–Crippen LogP) is 2.15. The van der Waals surface area contributed by atoms with Gasteiger partial charge in [-0.05, 0) is 25.8 Å². The SMILES string of the molecule is CC(O)C1(c2cc([N+](=O)[O-])ccc2F)CC1. The second kappa shape index (κ2) is 3.52. The molecule has 0 heterocycles. The van der Waals surface area contributed by atoms with E-state index in [4.69, 9.17) is 0 Å². The predicted molar refractivity (Wildman–Crippen MR) is 55.6 cm³/mol. The van der Waals surface area contributed by atoms with Crippen LogP contribution in [0, 0.1) is 15.9 Å². The van der Waals surface area contributed by atoms with Gasteiger partial charge in [-0.25, -0.2) is 4.39 Å². The van der Waals surface area contributed by atoms with Crippen molar-refractivity contribution < 1.29 is 14.4 Å². The lowest BCUT2D eigenvalue weighted by Gasteiger charge is -2.19. The summed E-state index contributed by atoms with van der Waals surface area (Å²) in [7, 11) is 0. The van der Waals surface area contributed by atoms with Crippen molar-refractivity contribution in [2.75, 3.05) is 0 Å². The number of aliphatic hydroxyl groups excluding tert-OH is 1. The number of rotatable bonds is 3. The Kier molecular flexibility index (Phi) is 2.42. The fourth-order valence-electron chi connectivity index (χ4n) is 2.06. The van der Waals surface area contributed by atoms with Crippen LogP contribution in [-0.2, 0) is 5.41 Å². The van der Waals surface area contributed by atoms with Gasteiger partial charge in [0.1, 0.15) is 5.82 Å². The maximum atomic E-state index is 13.6. The summed E-state index contributed by atoms with van der Waals surface area (Å²) in [6.45, 7) is 1.59. The molecule has 2 rings (SSSR count). The van der Waals surface area contributed by atoms with Crippen LogP contribution in [0.3, 0.4) is 0 Å². The first-order valence-electron chi connectivity index (χ1n) is 5.10. The maximum Gasteiger partial charge on any atom is 0.269 e. The minimum atomic E-state index is -0.691. The lowest BCUT2D eigenvalue weighted by molar-refractivity contribution is -0.385. The number of nitro benzene ring substituents is 1. The van der Waals surface area contributed by atoms with E-state index in [1.54, 1.807) is 6.92 Å². The number of nitro groups is 1. The zero-order chi connectivity index (χ0) is 11.9. The summed E-state index contributed by atoms with van der Waals surface area (Å²) in [4.78, 5) is 10.0. The summed E-state index contributed by atoms with van der Waals surface area (Å²) < 4.78 is 13.6. The van der Waals surface area contributed by atoms with Gasteiger partial charge in [-0.3, -0.25) is 10.1 Å². The molecule has 16 heavy (non-hydrogen) atoms. The van der Waals surface area contributed by atoms with Gasteiger partial charge in [-0.15, -0.1) is 0 Å². The van der Waals surface area contributed by atoms with E-state index in [9.17, 15) is 19.6 Å². The van der Waals surface area contributed by atoms with Crippen LogP contribution in [0.1, 0.15) is 25.3 Å². The monoisotopic (exact) mass is 225 g/mol. The van der Waals surface area contributed by atoms with Crippen molar-refractivity contribution in [2.45, 2.75) is 31.3 Å². The van der Waals surface area contributed by atoms with Crippen LogP contribution < -0.4 is 0 Å². The molecule has 0 radical (unpaired) electrons. The Bertz CT molecular complexity index is 441. The zero-order valence-electron chi connectivity index (χ0n) is 8.81. The fraction of sp³-hybridized carbons (Fsp3) is 0.455. The minimum Gasteiger partial charge on any atom is -0.392 e. The second-order valence-corrected chi connectivity index (χ2v) is 4.25. The molecule has 1 atom stereocenters. The number of aliphatic hydroxyl groups is 1. The standard InChI is InChI=1S/C11H12FNO3/c1-7(14)11(4-5-11)9-6-8(13(15)16)2-3-10(9)12/h2-3,6-7,14H,4-5H2,1H3. The Labute approximate surface area is 91.9 Å². The van der Waals surface area contributed by atoms with Gasteiger partial charge in [0.25, 0.3) is 5.69 Å². The molecule has 1 aliphatic carbocycles. The van der Waals surface area contributed by atoms with Crippen molar-refractivity contribution in [3.63, 3.8) is 0 Å². The molecule has 4 nitrogen and oxygen atoms in total. The Morgan fingerprint density at radius 1 is 1.56 bits per heavy atom. The first-order chi connectivity index (χ1) is 7.47. The van der Waals surface area contributed by atoms with Gasteiger partial charge in [-0.1, -0.05) is 0 Å². The van der Waals surface area contributed by atoms with E-state index < -0.39 is 22.3 Å². The van der Waals surface area contributed by atoms with Crippen molar-refractivity contribution in [3.8, 4) is 0 Å². The summed E-state index contributed by atoms with van der Waals surface area (Å²) >= 11 is 0. The van der Waals surface area contributed by atoms with Gasteiger partial charge >= 0.3 is 0 Å². The molecule has 1 saturated carbocycles. The molecule has 0 aliphatic heterocycles. The number of hydrogen-bond acceptors (Lipinski definition) is 3. The Balaban J connectivity index is 2.48. The van der Waals surface area contributed by atoms with Gasteiger partial charge in [-0.2, -0.15) is 0 Å². The highest BCUT2D eigenvalue weighted by molar-refractivity contribution is 5.42. The Morgan fingerprint density at radius 2 is 2.19 bits per heavy atom. The third kappa shape index (κ3) is 1.57. The van der Waals surface area contributed by atoms with E-state index in [0.29, 0.717) is 12.8 Å². The van der Waals surface area contributed by atoms with Crippen LogP contribution >= 0.6 is 0 Å². The second-order valence-electron chi connectivity index (χ2n) is 4.25. The summed E-state index contributed by atoms with van der Waals surface area (Å²) in [6.07, 6.45) is 0.648. The quantitative estimate of drug-likeness (QED) is 0.633. The molecule has 1 N–H and O–H groups in total. The van der Waals surface area contributed by atoms with Crippen LogP contribution in [0.2, 0.25) is 0 Å². The van der Waals surface area contributed by atoms with Crippen molar-refractivity contribution in [3.05, 3.63) is 39.7 Å². The van der Waals surface area contributed by atoms with Crippen molar-refractivity contribution in [2.24, 2.45) is 0 Å². The average molecular weight is 225 g/mol. The summed E-state index contributed by atoms with van der Waals surface area (Å²) in [5, 5.41) is 20.2. The number of non-ortho nitro benzene ring substituents is 1. The average Bonchev–Trinajstić information content (AvgIpc) is 2.98. The molecule has 0 aromatic heterocycles. The highest BCUT2D eigenvalue weighted by Gasteiger charge is 2.50. The van der Waals surface area contributed by atoms with Crippen LogP contribution in [0.15, 0.2) is 18.2 Å². The number of benzene rings is 1. The lowest BCUT2D eigenvalue weighted by atomic mass is 9.90. The van der Waals surface area contributed by atoms with Crippen LogP contribution in [-0.4, -0.2) is 16.1 Å². The first-order valence-corrected chi connectivity index (χ1v) is 5.10. The molecular formula is C11H12FNO3. The Hall–Kier alpha value is -1.49. The molecule has 1 aromatic rings. The van der Waals surface area contributed by atoms with E-state index >= 15 is 0 Å². The van der Waals surface area contributed by atoms with Crippen molar-refractivity contribution >= 4 is 5.69 Å². The molecule has 0 spiro atoms. The lowest BCUT2D eigenvalue weighted by Crippen LogP contribution is -2.23. The fourth-order valence-corrected chi connectivity index (χ4v) is 2.06. The largest absolute Gasteiger partial charge is 0.392 e. The minimum absolute atomic E-state index is 0.136. The number of hydrogen-bond donors (Lipinski definition) is 1. The van der Waals surface area contributed by atoms with Gasteiger partial charge in [0.2, 0.25) is 0 Å². The van der Waals surface area contributed by atoms with Crippen LogP contribution in [0.25, 0.3) is 0 Å². The van der Waals surface area contributed by atoms with Gasteiger partial charge in [0, 0.05) is 23.1 Å².